The molecule has 2 aromatic heterocycles. The van der Waals surface area contributed by atoms with Crippen LogP contribution in [0.3, 0.4) is 0 Å². The van der Waals surface area contributed by atoms with Gasteiger partial charge in [0.15, 0.2) is 17.4 Å². The summed E-state index contributed by atoms with van der Waals surface area (Å²) >= 11 is 0. The molecular formula is C23H29FN4O4. The first kappa shape index (κ1) is 22.4. The van der Waals surface area contributed by atoms with Gasteiger partial charge in [0, 0.05) is 37.4 Å². The van der Waals surface area contributed by atoms with Crippen molar-refractivity contribution in [2.45, 2.75) is 46.3 Å². The summed E-state index contributed by atoms with van der Waals surface area (Å²) in [5.41, 5.74) is 1.81. The third-order valence-electron chi connectivity index (χ3n) is 5.87. The maximum Gasteiger partial charge on any atom is 0.261 e. The van der Waals surface area contributed by atoms with Crippen molar-refractivity contribution in [2.75, 3.05) is 38.3 Å². The zero-order chi connectivity index (χ0) is 22.9. The predicted molar refractivity (Wildman–Crippen MR) is 118 cm³/mol. The molecule has 0 N–H and O–H groups in total. The fourth-order valence-corrected chi connectivity index (χ4v) is 4.28. The number of pyridine rings is 1. The number of hydrogen-bond acceptors (Lipinski definition) is 8. The Kier molecular flexibility index (Phi) is 6.30. The highest BCUT2D eigenvalue weighted by Crippen LogP contribution is 2.40. The van der Waals surface area contributed by atoms with Crippen molar-refractivity contribution < 1.29 is 23.1 Å². The number of anilines is 1. The van der Waals surface area contributed by atoms with Crippen molar-refractivity contribution in [3.63, 3.8) is 0 Å². The topological polar surface area (TPSA) is 82.7 Å². The molecule has 172 valence electrons. The van der Waals surface area contributed by atoms with E-state index >= 15 is 0 Å². The highest BCUT2D eigenvalue weighted by molar-refractivity contribution is 5.93. The molecule has 32 heavy (non-hydrogen) atoms. The lowest BCUT2D eigenvalue weighted by Crippen LogP contribution is -2.45. The lowest BCUT2D eigenvalue weighted by Gasteiger charge is -2.38. The Morgan fingerprint density at radius 1 is 1.06 bits per heavy atom. The van der Waals surface area contributed by atoms with Crippen LogP contribution in [0, 0.1) is 19.7 Å². The van der Waals surface area contributed by atoms with E-state index in [0.717, 1.165) is 5.56 Å². The summed E-state index contributed by atoms with van der Waals surface area (Å²) < 4.78 is 37.3. The number of hydrogen-bond donors (Lipinski definition) is 0. The first-order valence-corrected chi connectivity index (χ1v) is 11.0. The van der Waals surface area contributed by atoms with Gasteiger partial charge in [-0.05, 0) is 25.5 Å². The van der Waals surface area contributed by atoms with Crippen LogP contribution in [0.2, 0.25) is 0 Å². The van der Waals surface area contributed by atoms with Crippen molar-refractivity contribution in [2.24, 2.45) is 0 Å². The summed E-state index contributed by atoms with van der Waals surface area (Å²) in [4.78, 5) is 11.3. The number of fused-ring (bicyclic) bond motifs is 1. The molecule has 0 aliphatic carbocycles. The Hall–Kier alpha value is -2.78. The van der Waals surface area contributed by atoms with Gasteiger partial charge in [0.2, 0.25) is 0 Å². The lowest BCUT2D eigenvalue weighted by molar-refractivity contribution is -0.169. The van der Waals surface area contributed by atoms with Gasteiger partial charge in [0.25, 0.3) is 5.89 Å². The maximum absolute atomic E-state index is 14.9. The standard InChI is InChI=1S/C21H23FN4O4.C2H6/c1-12-15-10-14(27-3)11-16(22)18(15)24-19(17(12)20-23-13(2)25-30-20)26-6-4-21(5-7-26)28-8-9-29-21;1-2/h10-11H,4-9H2,1-3H3;1-2H3. The molecule has 4 heterocycles. The normalized spacial score (nSPS) is 17.5. The molecule has 0 amide bonds. The van der Waals surface area contributed by atoms with Gasteiger partial charge in [-0.25, -0.2) is 9.37 Å². The van der Waals surface area contributed by atoms with Crippen LogP contribution in [0.15, 0.2) is 16.7 Å². The second kappa shape index (κ2) is 8.99. The average molecular weight is 445 g/mol. The van der Waals surface area contributed by atoms with Crippen molar-refractivity contribution in [1.29, 1.82) is 0 Å². The van der Waals surface area contributed by atoms with Crippen LogP contribution in [0.5, 0.6) is 5.75 Å². The molecule has 1 spiro atoms. The maximum atomic E-state index is 14.9. The molecule has 9 heteroatoms. The third kappa shape index (κ3) is 3.91. The first-order valence-electron chi connectivity index (χ1n) is 11.0. The van der Waals surface area contributed by atoms with E-state index in [1.165, 1.54) is 13.2 Å². The molecule has 0 bridgehead atoms. The number of benzene rings is 1. The van der Waals surface area contributed by atoms with Gasteiger partial charge >= 0.3 is 0 Å². The Labute approximate surface area is 186 Å². The molecule has 2 aliphatic rings. The van der Waals surface area contributed by atoms with Crippen molar-refractivity contribution >= 4 is 16.7 Å². The lowest BCUT2D eigenvalue weighted by atomic mass is 9.99. The Bertz CT molecular complexity index is 1100. The Balaban J connectivity index is 0.00000119. The largest absolute Gasteiger partial charge is 0.497 e. The number of ether oxygens (including phenoxy) is 3. The Morgan fingerprint density at radius 2 is 1.75 bits per heavy atom. The number of rotatable bonds is 3. The molecule has 0 unspecified atom stereocenters. The monoisotopic (exact) mass is 444 g/mol. The van der Waals surface area contributed by atoms with Crippen LogP contribution in [0.25, 0.3) is 22.4 Å². The summed E-state index contributed by atoms with van der Waals surface area (Å²) in [5.74, 6) is 1.01. The summed E-state index contributed by atoms with van der Waals surface area (Å²) in [5, 5.41) is 4.59. The van der Waals surface area contributed by atoms with E-state index in [9.17, 15) is 4.39 Å². The fraction of sp³-hybridized carbons (Fsp3) is 0.522. The van der Waals surface area contributed by atoms with Gasteiger partial charge < -0.3 is 23.6 Å². The smallest absolute Gasteiger partial charge is 0.261 e. The minimum Gasteiger partial charge on any atom is -0.497 e. The second-order valence-electron chi connectivity index (χ2n) is 7.68. The molecule has 8 nitrogen and oxygen atoms in total. The molecule has 0 saturated carbocycles. The van der Waals surface area contributed by atoms with E-state index in [1.54, 1.807) is 13.0 Å². The van der Waals surface area contributed by atoms with Crippen LogP contribution in [-0.2, 0) is 9.47 Å². The number of aromatic nitrogens is 3. The summed E-state index contributed by atoms with van der Waals surface area (Å²) in [6, 6.07) is 3.13. The predicted octanol–water partition coefficient (Wildman–Crippen LogP) is 4.42. The Morgan fingerprint density at radius 3 is 2.34 bits per heavy atom. The van der Waals surface area contributed by atoms with Gasteiger partial charge in [0.05, 0.1) is 25.9 Å². The minimum absolute atomic E-state index is 0.289. The zero-order valence-electron chi connectivity index (χ0n) is 19.2. The first-order chi connectivity index (χ1) is 15.5. The molecule has 1 aromatic carbocycles. The van der Waals surface area contributed by atoms with Crippen molar-refractivity contribution in [3.8, 4) is 17.2 Å². The summed E-state index contributed by atoms with van der Waals surface area (Å²) in [6.45, 7) is 10.2. The van der Waals surface area contributed by atoms with Crippen LogP contribution < -0.4 is 9.64 Å². The van der Waals surface area contributed by atoms with E-state index in [2.05, 4.69) is 15.0 Å². The molecule has 5 rings (SSSR count). The van der Waals surface area contributed by atoms with Gasteiger partial charge in [-0.2, -0.15) is 4.98 Å². The SMILES string of the molecule is CC.COc1cc(F)c2nc(N3CCC4(CC3)OCCO4)c(-c3nc(C)no3)c(C)c2c1. The highest BCUT2D eigenvalue weighted by Gasteiger charge is 2.41. The number of nitrogens with zero attached hydrogens (tertiary/aromatic N) is 4. The van der Waals surface area contributed by atoms with E-state index in [-0.39, 0.29) is 5.52 Å². The van der Waals surface area contributed by atoms with Crippen LogP contribution >= 0.6 is 0 Å². The summed E-state index contributed by atoms with van der Waals surface area (Å²) in [7, 11) is 1.51. The number of methoxy groups -OCH3 is 1. The van der Waals surface area contributed by atoms with Crippen molar-refractivity contribution in [1.82, 2.24) is 15.1 Å². The second-order valence-corrected chi connectivity index (χ2v) is 7.68. The van der Waals surface area contributed by atoms with Gasteiger partial charge in [-0.1, -0.05) is 19.0 Å². The van der Waals surface area contributed by atoms with Gasteiger partial charge in [-0.3, -0.25) is 0 Å². The number of halogens is 1. The van der Waals surface area contributed by atoms with Gasteiger partial charge in [-0.15, -0.1) is 0 Å². The number of aryl methyl sites for hydroxylation is 2. The van der Waals surface area contributed by atoms with Crippen molar-refractivity contribution in [3.05, 3.63) is 29.3 Å². The summed E-state index contributed by atoms with van der Waals surface area (Å²) in [6.07, 6.45) is 1.42. The third-order valence-corrected chi connectivity index (χ3v) is 5.87. The van der Waals surface area contributed by atoms with Crippen LogP contribution in [-0.4, -0.2) is 54.3 Å². The molecule has 2 aliphatic heterocycles. The zero-order valence-corrected chi connectivity index (χ0v) is 19.2. The quantitative estimate of drug-likeness (QED) is 0.587. The number of piperidine rings is 1. The molecule has 2 saturated heterocycles. The van der Waals surface area contributed by atoms with Crippen LogP contribution in [0.4, 0.5) is 10.2 Å². The van der Waals surface area contributed by atoms with Crippen LogP contribution in [0.1, 0.15) is 38.1 Å². The molecular weight excluding hydrogens is 415 g/mol. The van der Waals surface area contributed by atoms with E-state index < -0.39 is 11.6 Å². The molecule has 0 radical (unpaired) electrons. The molecule has 2 fully saturated rings. The van der Waals surface area contributed by atoms with E-state index in [1.807, 2.05) is 20.8 Å². The van der Waals surface area contributed by atoms with Gasteiger partial charge in [0.1, 0.15) is 17.1 Å². The molecule has 3 aromatic rings. The highest BCUT2D eigenvalue weighted by atomic mass is 19.1. The minimum atomic E-state index is -0.512. The fourth-order valence-electron chi connectivity index (χ4n) is 4.28. The molecule has 0 atom stereocenters. The van der Waals surface area contributed by atoms with E-state index in [4.69, 9.17) is 23.7 Å². The average Bonchev–Trinajstić information content (AvgIpc) is 3.45. The van der Waals surface area contributed by atoms with E-state index in [0.29, 0.717) is 73.4 Å².